The van der Waals surface area contributed by atoms with Gasteiger partial charge in [0, 0.05) is 44.3 Å². The zero-order valence-corrected chi connectivity index (χ0v) is 40.3. The summed E-state index contributed by atoms with van der Waals surface area (Å²) in [6.07, 6.45) is 4.80. The molecule has 4 aliphatic rings. The van der Waals surface area contributed by atoms with E-state index in [9.17, 15) is 0 Å². The molecule has 8 aromatic rings. The first-order chi connectivity index (χ1) is 30.3. The van der Waals surface area contributed by atoms with Gasteiger partial charge >= 0.3 is 0 Å². The number of nitrogens with one attached hydrogen (secondary N) is 1. The van der Waals surface area contributed by atoms with Gasteiger partial charge < -0.3 is 9.88 Å². The van der Waals surface area contributed by atoms with Crippen molar-refractivity contribution in [2.45, 2.75) is 136 Å². The SMILES string of the molecule is Cc1ccc(Nc2ccc3c(c2-c2c4c5c(c6ccccc26)c2cc6c(cc2n5-c2ccc(C)cc2B4)C(C)(C)CCC6(C)C)C(C)(C)c2cc4c(cc2-3)C(C)(C)CCC4(C)C)cc1. The quantitative estimate of drug-likeness (QED) is 0.176. The lowest BCUT2D eigenvalue weighted by molar-refractivity contribution is 0.331. The third-order valence-corrected chi connectivity index (χ3v) is 17.2. The van der Waals surface area contributed by atoms with Gasteiger partial charge in [-0.05, 0) is 170 Å². The Morgan fingerprint density at radius 2 is 1.11 bits per heavy atom. The average molecular weight is 835 g/mol. The molecule has 0 amide bonds. The van der Waals surface area contributed by atoms with Gasteiger partial charge in [-0.15, -0.1) is 0 Å². The fourth-order valence-electron chi connectivity index (χ4n) is 13.2. The Morgan fingerprint density at radius 1 is 0.516 bits per heavy atom. The van der Waals surface area contributed by atoms with Crippen LogP contribution in [0.2, 0.25) is 0 Å². The summed E-state index contributed by atoms with van der Waals surface area (Å²) in [7, 11) is 0.873. The minimum absolute atomic E-state index is 0.0992. The van der Waals surface area contributed by atoms with Crippen LogP contribution in [-0.2, 0) is 27.1 Å². The Balaban J connectivity index is 1.25. The molecule has 1 aromatic heterocycles. The molecule has 0 bridgehead atoms. The third-order valence-electron chi connectivity index (χ3n) is 17.2. The van der Waals surface area contributed by atoms with Crippen LogP contribution in [-0.4, -0.2) is 11.8 Å². The molecule has 3 heteroatoms. The van der Waals surface area contributed by atoms with E-state index in [1.165, 1.54) is 147 Å². The molecule has 0 saturated carbocycles. The van der Waals surface area contributed by atoms with Gasteiger partial charge in [0.1, 0.15) is 0 Å². The van der Waals surface area contributed by atoms with Gasteiger partial charge in [-0.1, -0.05) is 146 Å². The highest BCUT2D eigenvalue weighted by Gasteiger charge is 2.45. The van der Waals surface area contributed by atoms with E-state index in [2.05, 4.69) is 196 Å². The summed E-state index contributed by atoms with van der Waals surface area (Å²) in [5.41, 5.74) is 26.5. The highest BCUT2D eigenvalue weighted by atomic mass is 15.0. The van der Waals surface area contributed by atoms with Crippen molar-refractivity contribution in [1.82, 2.24) is 4.57 Å². The summed E-state index contributed by atoms with van der Waals surface area (Å²) < 4.78 is 2.69. The zero-order valence-electron chi connectivity index (χ0n) is 40.3. The maximum Gasteiger partial charge on any atom is 0.198 e. The smallest absolute Gasteiger partial charge is 0.198 e. The summed E-state index contributed by atoms with van der Waals surface area (Å²) >= 11 is 0. The van der Waals surface area contributed by atoms with E-state index in [1.807, 2.05) is 0 Å². The molecule has 0 fully saturated rings. The van der Waals surface area contributed by atoms with E-state index in [-0.39, 0.29) is 27.1 Å². The Bertz CT molecular complexity index is 3370. The molecule has 3 aliphatic carbocycles. The summed E-state index contributed by atoms with van der Waals surface area (Å²) in [5.74, 6) is 0. The number of hydrogen-bond acceptors (Lipinski definition) is 1. The van der Waals surface area contributed by atoms with Crippen LogP contribution in [0, 0.1) is 13.8 Å². The van der Waals surface area contributed by atoms with Crippen LogP contribution in [0.25, 0.3) is 60.5 Å². The largest absolute Gasteiger partial charge is 0.355 e. The molecular weight excluding hydrogens is 771 g/mol. The topological polar surface area (TPSA) is 17.0 Å². The first-order valence-corrected chi connectivity index (χ1v) is 24.1. The van der Waals surface area contributed by atoms with Crippen LogP contribution < -0.4 is 16.2 Å². The summed E-state index contributed by atoms with van der Waals surface area (Å²) in [5, 5.41) is 9.54. The maximum absolute atomic E-state index is 4.07. The highest BCUT2D eigenvalue weighted by molar-refractivity contribution is 6.74. The van der Waals surface area contributed by atoms with E-state index in [4.69, 9.17) is 0 Å². The van der Waals surface area contributed by atoms with Crippen LogP contribution in [0.3, 0.4) is 0 Å². The molecule has 0 unspecified atom stereocenters. The van der Waals surface area contributed by atoms with Gasteiger partial charge in [-0.2, -0.15) is 0 Å². The molecule has 1 aliphatic heterocycles. The van der Waals surface area contributed by atoms with Gasteiger partial charge in [0.25, 0.3) is 0 Å². The van der Waals surface area contributed by atoms with Crippen LogP contribution in [0.1, 0.15) is 139 Å². The normalized spacial score (nSPS) is 18.8. The molecule has 320 valence electrons. The average Bonchev–Trinajstić information content (AvgIpc) is 3.70. The van der Waals surface area contributed by atoms with Crippen molar-refractivity contribution in [3.8, 4) is 27.9 Å². The first kappa shape index (κ1) is 40.0. The summed E-state index contributed by atoms with van der Waals surface area (Å²) in [4.78, 5) is 0. The number of rotatable bonds is 3. The van der Waals surface area contributed by atoms with E-state index in [0.29, 0.717) is 0 Å². The number of benzene rings is 7. The van der Waals surface area contributed by atoms with Gasteiger partial charge in [0.2, 0.25) is 0 Å². The second-order valence-electron chi connectivity index (χ2n) is 23.7. The standard InChI is InChI=1S/C61H63BN2/c1-34-17-20-36(21-18-34)63-48-23-22-39-40-30-43-45(59(7,8)27-25-57(43,3)4)32-42(40)61(11,12)54(39)53(48)52-38-16-14-13-15-37(38)51-41-31-44-46(60(9,10)28-26-58(44,5)6)33-50(41)64-49-24-19-35(2)29-47(49)62-55(52)56(51)64/h13-24,29-33,62-63H,25-28H2,1-12H3. The lowest BCUT2D eigenvalue weighted by atomic mass is 9.57. The van der Waals surface area contributed by atoms with E-state index < -0.39 is 0 Å². The predicted molar refractivity (Wildman–Crippen MR) is 277 cm³/mol. The fraction of sp³-hybridized carbons (Fsp3) is 0.344. The van der Waals surface area contributed by atoms with E-state index in [1.54, 1.807) is 0 Å². The minimum Gasteiger partial charge on any atom is -0.355 e. The van der Waals surface area contributed by atoms with Crippen molar-refractivity contribution >= 4 is 62.2 Å². The molecule has 0 saturated heterocycles. The van der Waals surface area contributed by atoms with Crippen LogP contribution in [0.15, 0.2) is 103 Å². The Hall–Kier alpha value is -5.54. The maximum atomic E-state index is 4.07. The van der Waals surface area contributed by atoms with Crippen molar-refractivity contribution in [2.75, 3.05) is 5.32 Å². The number of anilines is 2. The van der Waals surface area contributed by atoms with Crippen LogP contribution in [0.5, 0.6) is 0 Å². The van der Waals surface area contributed by atoms with Crippen molar-refractivity contribution in [1.29, 1.82) is 0 Å². The molecule has 0 radical (unpaired) electrons. The van der Waals surface area contributed by atoms with Crippen molar-refractivity contribution < 1.29 is 0 Å². The van der Waals surface area contributed by atoms with Gasteiger partial charge in [0.05, 0.1) is 5.52 Å². The number of fused-ring (bicyclic) bond motifs is 12. The number of hydrogen-bond donors (Lipinski definition) is 1. The highest BCUT2D eigenvalue weighted by Crippen LogP contribution is 2.59. The Labute approximate surface area is 381 Å². The first-order valence-electron chi connectivity index (χ1n) is 24.1. The van der Waals surface area contributed by atoms with Crippen molar-refractivity contribution in [2.24, 2.45) is 0 Å². The van der Waals surface area contributed by atoms with Crippen molar-refractivity contribution in [3.05, 3.63) is 148 Å². The monoisotopic (exact) mass is 835 g/mol. The third kappa shape index (κ3) is 5.39. The number of aromatic nitrogens is 1. The van der Waals surface area contributed by atoms with Gasteiger partial charge in [0.15, 0.2) is 7.28 Å². The van der Waals surface area contributed by atoms with E-state index in [0.717, 1.165) is 13.0 Å². The fourth-order valence-corrected chi connectivity index (χ4v) is 13.2. The molecule has 7 aromatic carbocycles. The van der Waals surface area contributed by atoms with Crippen molar-refractivity contribution in [3.63, 3.8) is 0 Å². The number of aryl methyl sites for hydroxylation is 2. The molecule has 64 heavy (non-hydrogen) atoms. The summed E-state index contributed by atoms with van der Waals surface area (Å²) in [6.45, 7) is 29.2. The van der Waals surface area contributed by atoms with Crippen LogP contribution >= 0.6 is 0 Å². The zero-order chi connectivity index (χ0) is 44.6. The van der Waals surface area contributed by atoms with Gasteiger partial charge in [-0.3, -0.25) is 0 Å². The molecule has 12 rings (SSSR count). The Kier molecular flexibility index (Phi) is 8.03. The second kappa shape index (κ2) is 12.8. The molecular formula is C61H63BN2. The van der Waals surface area contributed by atoms with Crippen LogP contribution in [0.4, 0.5) is 11.4 Å². The Morgan fingerprint density at radius 3 is 1.78 bits per heavy atom. The van der Waals surface area contributed by atoms with Gasteiger partial charge in [-0.25, -0.2) is 0 Å². The molecule has 2 heterocycles. The summed E-state index contributed by atoms with van der Waals surface area (Å²) in [6, 6.07) is 41.0. The predicted octanol–water partition coefficient (Wildman–Crippen LogP) is 14.7. The van der Waals surface area contributed by atoms with E-state index >= 15 is 0 Å². The molecule has 2 nitrogen and oxygen atoms in total. The lowest BCUT2D eigenvalue weighted by Crippen LogP contribution is -2.38. The number of nitrogens with zero attached hydrogens (tertiary/aromatic N) is 1. The molecule has 0 atom stereocenters. The minimum atomic E-state index is -0.257. The lowest BCUT2D eigenvalue weighted by Gasteiger charge is -2.42. The molecule has 1 N–H and O–H groups in total. The molecule has 0 spiro atoms. The second-order valence-corrected chi connectivity index (χ2v) is 23.7.